The van der Waals surface area contributed by atoms with E-state index in [0.29, 0.717) is 6.42 Å². The molecule has 7 N–H and O–H groups in total. The fourth-order valence-electron chi connectivity index (χ4n) is 7.36. The van der Waals surface area contributed by atoms with Gasteiger partial charge in [-0.15, -0.1) is 0 Å². The average molecular weight is 820 g/mol. The van der Waals surface area contributed by atoms with Crippen molar-refractivity contribution in [2.75, 3.05) is 27.4 Å². The summed E-state index contributed by atoms with van der Waals surface area (Å²) in [6.07, 6.45) is 12.4. The molecule has 0 aromatic rings. The van der Waals surface area contributed by atoms with Gasteiger partial charge in [0.1, 0.15) is 24.2 Å². The van der Waals surface area contributed by atoms with E-state index in [0.717, 1.165) is 11.6 Å². The van der Waals surface area contributed by atoms with Crippen LogP contribution < -0.4 is 5.32 Å². The molecule has 0 saturated carbocycles. The molecule has 0 aromatic heterocycles. The molecular weight excluding hydrogens is 754 g/mol. The number of allylic oxidation sites excluding steroid dienone is 9. The van der Waals surface area contributed by atoms with Crippen LogP contribution in [0.5, 0.6) is 0 Å². The molecule has 3 rings (SSSR count). The summed E-state index contributed by atoms with van der Waals surface area (Å²) in [5.74, 6) is -6.05. The Hall–Kier alpha value is -3.32. The van der Waals surface area contributed by atoms with E-state index in [1.165, 1.54) is 13.2 Å². The van der Waals surface area contributed by atoms with Crippen molar-refractivity contribution < 1.29 is 68.6 Å². The minimum Gasteiger partial charge on any atom is -0.478 e. The summed E-state index contributed by atoms with van der Waals surface area (Å²) in [4.78, 5) is 24.5. The average Bonchev–Trinajstić information content (AvgIpc) is 3.55. The third-order valence-electron chi connectivity index (χ3n) is 11.1. The maximum Gasteiger partial charge on any atom is 0.328 e. The lowest BCUT2D eigenvalue weighted by Crippen LogP contribution is -2.70. The molecule has 14 atom stereocenters. The molecule has 15 nitrogen and oxygen atoms in total. The monoisotopic (exact) mass is 819 g/mol. The van der Waals surface area contributed by atoms with Gasteiger partial charge in [0, 0.05) is 51.0 Å². The van der Waals surface area contributed by atoms with Crippen molar-refractivity contribution in [1.82, 2.24) is 5.32 Å². The first-order valence-electron chi connectivity index (χ1n) is 19.7. The van der Waals surface area contributed by atoms with Crippen molar-refractivity contribution >= 4 is 11.9 Å². The largest absolute Gasteiger partial charge is 0.478 e. The van der Waals surface area contributed by atoms with Gasteiger partial charge >= 0.3 is 5.97 Å². The highest BCUT2D eigenvalue weighted by atomic mass is 16.7. The first-order chi connectivity index (χ1) is 27.4. The maximum absolute atomic E-state index is 13.9. The van der Waals surface area contributed by atoms with Crippen molar-refractivity contribution in [3.8, 4) is 0 Å². The zero-order valence-electron chi connectivity index (χ0n) is 34.8. The van der Waals surface area contributed by atoms with Crippen LogP contribution in [0.2, 0.25) is 0 Å². The van der Waals surface area contributed by atoms with Crippen LogP contribution in [0.3, 0.4) is 0 Å². The van der Waals surface area contributed by atoms with Gasteiger partial charge in [0.15, 0.2) is 6.29 Å². The SMILES string of the molecule is C/C=C/C=C/[C@@H]1O[C@@](O)([C@@H](CO[C@@H]2C[C@H](OC)[C@H](O)[C@H](C)O2)C(=O)NC/C=C/C=C(\C)[C@@H](OC)[C@H](C)[C@@H]2C[C@H](O)[C@@H](/C=C/C=C/C=C/C(=O)O)O2)[C@H](O)[C@H](O)C1(C)C. The summed E-state index contributed by atoms with van der Waals surface area (Å²) < 4.78 is 35.3. The molecule has 0 bridgehead atoms. The Morgan fingerprint density at radius 1 is 0.948 bits per heavy atom. The number of methoxy groups -OCH3 is 2. The number of amides is 1. The van der Waals surface area contributed by atoms with Crippen molar-refractivity contribution in [2.45, 2.75) is 128 Å². The summed E-state index contributed by atoms with van der Waals surface area (Å²) >= 11 is 0. The van der Waals surface area contributed by atoms with Crippen LogP contribution >= 0.6 is 0 Å². The number of carboxylic acids is 1. The van der Waals surface area contributed by atoms with Gasteiger partial charge in [-0.25, -0.2) is 4.79 Å². The number of aliphatic hydroxyl groups is 5. The molecule has 0 aliphatic carbocycles. The molecule has 0 aromatic carbocycles. The summed E-state index contributed by atoms with van der Waals surface area (Å²) in [6, 6.07) is 0. The summed E-state index contributed by atoms with van der Waals surface area (Å²) in [5.41, 5.74) is -0.194. The van der Waals surface area contributed by atoms with Gasteiger partial charge in [-0.05, 0) is 26.3 Å². The van der Waals surface area contributed by atoms with Gasteiger partial charge in [-0.1, -0.05) is 93.7 Å². The van der Waals surface area contributed by atoms with Crippen molar-refractivity contribution in [3.05, 3.63) is 84.6 Å². The molecule has 3 fully saturated rings. The molecule has 0 unspecified atom stereocenters. The third-order valence-corrected chi connectivity index (χ3v) is 11.1. The summed E-state index contributed by atoms with van der Waals surface area (Å²) in [7, 11) is 3.04. The Bertz CT molecular complexity index is 1540. The van der Waals surface area contributed by atoms with Crippen molar-refractivity contribution in [2.24, 2.45) is 17.3 Å². The van der Waals surface area contributed by atoms with Gasteiger partial charge in [-0.3, -0.25) is 4.79 Å². The molecule has 3 saturated heterocycles. The van der Waals surface area contributed by atoms with Crippen molar-refractivity contribution in [3.63, 3.8) is 0 Å². The molecule has 0 radical (unpaired) electrons. The van der Waals surface area contributed by atoms with Gasteiger partial charge in [0.25, 0.3) is 0 Å². The topological polar surface area (TPSA) is 223 Å². The number of ether oxygens (including phenoxy) is 6. The molecule has 0 spiro atoms. The van der Waals surface area contributed by atoms with Gasteiger partial charge in [0.05, 0.1) is 49.3 Å². The van der Waals surface area contributed by atoms with E-state index in [1.807, 2.05) is 26.8 Å². The van der Waals surface area contributed by atoms with Crippen LogP contribution in [-0.4, -0.2) is 143 Å². The second-order valence-electron chi connectivity index (χ2n) is 15.6. The lowest BCUT2D eigenvalue weighted by molar-refractivity contribution is -0.366. The number of rotatable bonds is 19. The molecule has 1 amide bonds. The van der Waals surface area contributed by atoms with E-state index < -0.39 is 90.7 Å². The predicted molar refractivity (Wildman–Crippen MR) is 215 cm³/mol. The standard InChI is InChI=1S/C43H65NO14/c1-9-10-13-20-34-42(5,6)39(49)40(50)43(52,58-34)29(25-55-36-24-33(53-7)37(48)28(4)56-36)41(51)44-22-17-16-18-26(2)38(54-8)27(3)32-23-30(45)31(57-32)19-14-11-12-15-21-35(46)47/h9-21,27-34,36-40,45,48-50,52H,22-25H2,1-8H3,(H,44,51)(H,46,47)/b10-9+,12-11+,17-16+,19-14+,20-13+,21-15+,26-18+/t27-,28+,29+,30+,31-,32+,33+,34+,36+,37-,38-,39+,40-,43+/m1/s1. The van der Waals surface area contributed by atoms with E-state index in [-0.39, 0.29) is 31.1 Å². The van der Waals surface area contributed by atoms with Gasteiger partial charge < -0.3 is 64.4 Å². The molecule has 15 heteroatoms. The Labute approximate surface area is 342 Å². The number of carbonyl (C=O) groups is 2. The normalized spacial score (nSPS) is 35.2. The zero-order valence-corrected chi connectivity index (χ0v) is 34.8. The number of carboxylic acid groups (broad SMARTS) is 1. The number of hydrogen-bond acceptors (Lipinski definition) is 13. The lowest BCUT2D eigenvalue weighted by atomic mass is 9.71. The second-order valence-corrected chi connectivity index (χ2v) is 15.6. The molecular formula is C43H65NO14. The molecule has 326 valence electrons. The Kier molecular flexibility index (Phi) is 19.4. The number of carbonyl (C=O) groups excluding carboxylic acids is 1. The highest BCUT2D eigenvalue weighted by Gasteiger charge is 2.61. The van der Waals surface area contributed by atoms with Crippen LogP contribution in [0.25, 0.3) is 0 Å². The minimum absolute atomic E-state index is 0.0125. The van der Waals surface area contributed by atoms with Crippen LogP contribution in [0.4, 0.5) is 0 Å². The van der Waals surface area contributed by atoms with Crippen LogP contribution in [-0.2, 0) is 38.0 Å². The summed E-state index contributed by atoms with van der Waals surface area (Å²) in [6.45, 7) is 10.3. The van der Waals surface area contributed by atoms with E-state index in [1.54, 1.807) is 88.6 Å². The van der Waals surface area contributed by atoms with Crippen LogP contribution in [0, 0.1) is 17.3 Å². The second kappa shape index (κ2) is 22.9. The highest BCUT2D eigenvalue weighted by molar-refractivity contribution is 5.80. The van der Waals surface area contributed by atoms with Crippen molar-refractivity contribution in [1.29, 1.82) is 0 Å². The molecule has 3 aliphatic heterocycles. The molecule has 3 heterocycles. The Morgan fingerprint density at radius 2 is 1.64 bits per heavy atom. The highest BCUT2D eigenvalue weighted by Crippen LogP contribution is 2.44. The number of nitrogens with one attached hydrogen (secondary N) is 1. The molecule has 58 heavy (non-hydrogen) atoms. The number of hydrogen-bond donors (Lipinski definition) is 7. The van der Waals surface area contributed by atoms with E-state index >= 15 is 0 Å². The summed E-state index contributed by atoms with van der Waals surface area (Å²) in [5, 5.41) is 67.1. The van der Waals surface area contributed by atoms with Crippen LogP contribution in [0.15, 0.2) is 84.6 Å². The third kappa shape index (κ3) is 12.8. The fourth-order valence-corrected chi connectivity index (χ4v) is 7.36. The predicted octanol–water partition coefficient (Wildman–Crippen LogP) is 2.64. The Balaban J connectivity index is 1.73. The van der Waals surface area contributed by atoms with Crippen LogP contribution in [0.1, 0.15) is 54.4 Å². The lowest BCUT2D eigenvalue weighted by Gasteiger charge is -2.53. The van der Waals surface area contributed by atoms with E-state index in [2.05, 4.69) is 5.32 Å². The van der Waals surface area contributed by atoms with E-state index in [9.17, 15) is 35.1 Å². The first kappa shape index (κ1) is 49.0. The maximum atomic E-state index is 13.9. The Morgan fingerprint density at radius 3 is 2.29 bits per heavy atom. The van der Waals surface area contributed by atoms with Gasteiger partial charge in [-0.2, -0.15) is 0 Å². The minimum atomic E-state index is -2.59. The fraction of sp³-hybridized carbons (Fsp3) is 0.628. The van der Waals surface area contributed by atoms with Gasteiger partial charge in [0.2, 0.25) is 11.7 Å². The first-order valence-corrected chi connectivity index (χ1v) is 19.7. The number of aliphatic hydroxyl groups excluding tert-OH is 4. The number of aliphatic carboxylic acids is 1. The quantitative estimate of drug-likeness (QED) is 0.0736. The smallest absolute Gasteiger partial charge is 0.328 e. The van der Waals surface area contributed by atoms with E-state index in [4.69, 9.17) is 33.5 Å². The zero-order chi connectivity index (χ0) is 43.2. The molecule has 3 aliphatic rings.